The number of ether oxygens (including phenoxy) is 1. The first-order valence-corrected chi connectivity index (χ1v) is 12.3. The molecule has 0 unspecified atom stereocenters. The molecule has 3 aromatic heterocycles. The predicted octanol–water partition coefficient (Wildman–Crippen LogP) is 3.27. The van der Waals surface area contributed by atoms with Crippen LogP contribution in [-0.2, 0) is 20.2 Å². The van der Waals surface area contributed by atoms with Crippen LogP contribution >= 0.6 is 0 Å². The van der Waals surface area contributed by atoms with E-state index in [0.717, 1.165) is 6.26 Å². The van der Waals surface area contributed by atoms with Gasteiger partial charge in [-0.25, -0.2) is 18.4 Å². The van der Waals surface area contributed by atoms with Crippen molar-refractivity contribution < 1.29 is 23.1 Å². The number of hydrogen-bond donors (Lipinski definition) is 3. The van der Waals surface area contributed by atoms with Gasteiger partial charge in [0.1, 0.15) is 17.4 Å². The molecule has 3 rings (SSSR count). The average Bonchev–Trinajstić information content (AvgIpc) is 2.72. The van der Waals surface area contributed by atoms with Crippen molar-refractivity contribution in [3.8, 4) is 17.0 Å². The second kappa shape index (κ2) is 9.74. The Kier molecular flexibility index (Phi) is 7.18. The molecule has 3 N–H and O–H groups in total. The molecule has 0 aromatic carbocycles. The number of rotatable bonds is 8. The lowest BCUT2D eigenvalue weighted by Crippen LogP contribution is -2.15. The highest BCUT2D eigenvalue weighted by molar-refractivity contribution is 7.90. The number of sulfone groups is 1. The summed E-state index contributed by atoms with van der Waals surface area (Å²) in [7, 11) is -3.60. The Hall–Kier alpha value is -3.57. The van der Waals surface area contributed by atoms with E-state index in [9.17, 15) is 18.3 Å². The highest BCUT2D eigenvalue weighted by Crippen LogP contribution is 2.32. The van der Waals surface area contributed by atoms with Crippen molar-refractivity contribution in [2.75, 3.05) is 23.5 Å². The Labute approximate surface area is 198 Å². The molecule has 3 heterocycles. The quantitative estimate of drug-likeness (QED) is 0.438. The Morgan fingerprint density at radius 3 is 2.41 bits per heavy atom. The van der Waals surface area contributed by atoms with Crippen molar-refractivity contribution >= 4 is 33.1 Å². The Morgan fingerprint density at radius 1 is 1.12 bits per heavy atom. The van der Waals surface area contributed by atoms with Crippen LogP contribution in [0.5, 0.6) is 5.75 Å². The second-order valence-corrected chi connectivity index (χ2v) is 10.1. The highest BCUT2D eigenvalue weighted by atomic mass is 32.2. The van der Waals surface area contributed by atoms with E-state index >= 15 is 0 Å². The van der Waals surface area contributed by atoms with Crippen molar-refractivity contribution in [2.24, 2.45) is 0 Å². The van der Waals surface area contributed by atoms with E-state index in [0.29, 0.717) is 34.9 Å². The highest BCUT2D eigenvalue weighted by Gasteiger charge is 2.18. The fraction of sp³-hybridized carbons (Fsp3) is 0.304. The van der Waals surface area contributed by atoms with Crippen LogP contribution in [0.15, 0.2) is 47.8 Å². The summed E-state index contributed by atoms with van der Waals surface area (Å²) in [5.41, 5.74) is 1.18. The molecule has 0 aliphatic heterocycles. The predicted molar refractivity (Wildman–Crippen MR) is 129 cm³/mol. The SMILES string of the molecule is CCOc1cc(Nc2cc(NC(C)=O)ncc2-c2ccc(C(C)(C)O)cn2)nc(S(C)(=O)=O)c1. The first-order valence-electron chi connectivity index (χ1n) is 10.5. The van der Waals surface area contributed by atoms with Crippen molar-refractivity contribution in [1.29, 1.82) is 0 Å². The van der Waals surface area contributed by atoms with E-state index in [1.807, 2.05) is 0 Å². The largest absolute Gasteiger partial charge is 0.494 e. The molecule has 3 aromatic rings. The third-order valence-electron chi connectivity index (χ3n) is 4.68. The first-order chi connectivity index (χ1) is 15.9. The first kappa shape index (κ1) is 25.1. The molecule has 0 radical (unpaired) electrons. The Morgan fingerprint density at radius 2 is 1.85 bits per heavy atom. The smallest absolute Gasteiger partial charge is 0.222 e. The van der Waals surface area contributed by atoms with Crippen LogP contribution < -0.4 is 15.4 Å². The number of nitrogens with zero attached hydrogens (tertiary/aromatic N) is 3. The molecule has 0 saturated carbocycles. The van der Waals surface area contributed by atoms with Crippen molar-refractivity contribution in [1.82, 2.24) is 15.0 Å². The molecule has 0 fully saturated rings. The molecule has 0 aliphatic carbocycles. The normalized spacial score (nSPS) is 11.7. The van der Waals surface area contributed by atoms with Gasteiger partial charge in [0.25, 0.3) is 0 Å². The molecule has 0 bridgehead atoms. The fourth-order valence-electron chi connectivity index (χ4n) is 3.05. The number of anilines is 3. The third-order valence-corrected chi connectivity index (χ3v) is 5.65. The van der Waals surface area contributed by atoms with E-state index < -0.39 is 15.4 Å². The Bertz CT molecular complexity index is 1300. The molecule has 34 heavy (non-hydrogen) atoms. The van der Waals surface area contributed by atoms with Crippen molar-refractivity contribution in [3.63, 3.8) is 0 Å². The number of aromatic nitrogens is 3. The van der Waals surface area contributed by atoms with E-state index in [1.54, 1.807) is 51.2 Å². The monoisotopic (exact) mass is 485 g/mol. The number of amides is 1. The van der Waals surface area contributed by atoms with E-state index in [-0.39, 0.29) is 22.6 Å². The number of pyridine rings is 3. The van der Waals surface area contributed by atoms with Gasteiger partial charge < -0.3 is 20.5 Å². The van der Waals surface area contributed by atoms with Gasteiger partial charge in [0.15, 0.2) is 14.9 Å². The molecule has 0 aliphatic rings. The van der Waals surface area contributed by atoms with Crippen LogP contribution in [0, 0.1) is 0 Å². The minimum absolute atomic E-state index is 0.147. The zero-order valence-electron chi connectivity index (χ0n) is 19.6. The topological polar surface area (TPSA) is 143 Å². The van der Waals surface area contributed by atoms with Gasteiger partial charge in [-0.3, -0.25) is 9.78 Å². The van der Waals surface area contributed by atoms with E-state index in [1.165, 1.54) is 19.2 Å². The maximum absolute atomic E-state index is 12.1. The second-order valence-electron chi connectivity index (χ2n) is 8.14. The lowest BCUT2D eigenvalue weighted by atomic mass is 9.99. The third kappa shape index (κ3) is 6.27. The molecule has 10 nitrogen and oxygen atoms in total. The van der Waals surface area contributed by atoms with Gasteiger partial charge in [0, 0.05) is 54.9 Å². The summed E-state index contributed by atoms with van der Waals surface area (Å²) in [6.45, 7) is 6.83. The number of carbonyl (C=O) groups is 1. The van der Waals surface area contributed by atoms with Crippen molar-refractivity contribution in [2.45, 2.75) is 38.3 Å². The summed E-state index contributed by atoms with van der Waals surface area (Å²) in [5, 5.41) is 15.8. The molecular weight excluding hydrogens is 458 g/mol. The minimum atomic E-state index is -3.60. The lowest BCUT2D eigenvalue weighted by Gasteiger charge is -2.18. The van der Waals surface area contributed by atoms with Crippen LogP contribution in [0.2, 0.25) is 0 Å². The summed E-state index contributed by atoms with van der Waals surface area (Å²) in [4.78, 5) is 24.5. The summed E-state index contributed by atoms with van der Waals surface area (Å²) < 4.78 is 29.8. The van der Waals surface area contributed by atoms with E-state index in [4.69, 9.17) is 4.74 Å². The maximum Gasteiger partial charge on any atom is 0.222 e. The standard InChI is InChI=1S/C23H27N5O5S/c1-6-33-16-9-21(28-22(10-16)34(5,31)32)27-19-11-20(26-14(2)29)25-13-17(19)18-8-7-15(12-24-18)23(3,4)30/h7-13,30H,6H2,1-5H3,(H2,25,26,27,28,29). The van der Waals surface area contributed by atoms with Crippen LogP contribution in [0.4, 0.5) is 17.3 Å². The molecule has 0 saturated heterocycles. The number of nitrogens with one attached hydrogen (secondary N) is 2. The summed E-state index contributed by atoms with van der Waals surface area (Å²) in [5.74, 6) is 0.553. The number of aliphatic hydroxyl groups is 1. The zero-order chi connectivity index (χ0) is 25.1. The summed E-state index contributed by atoms with van der Waals surface area (Å²) in [6, 6.07) is 8.02. The number of hydrogen-bond acceptors (Lipinski definition) is 9. The van der Waals surface area contributed by atoms with Gasteiger partial charge >= 0.3 is 0 Å². The van der Waals surface area contributed by atoms with Gasteiger partial charge in [-0.05, 0) is 26.8 Å². The van der Waals surface area contributed by atoms with Gasteiger partial charge in [-0.2, -0.15) is 0 Å². The average molecular weight is 486 g/mol. The van der Waals surface area contributed by atoms with Crippen LogP contribution in [-0.4, -0.2) is 47.2 Å². The number of carbonyl (C=O) groups excluding carboxylic acids is 1. The summed E-state index contributed by atoms with van der Waals surface area (Å²) >= 11 is 0. The van der Waals surface area contributed by atoms with Crippen LogP contribution in [0.3, 0.4) is 0 Å². The van der Waals surface area contributed by atoms with Crippen molar-refractivity contribution in [3.05, 3.63) is 48.3 Å². The molecule has 1 amide bonds. The molecule has 180 valence electrons. The molecule has 0 spiro atoms. The summed E-state index contributed by atoms with van der Waals surface area (Å²) in [6.07, 6.45) is 4.16. The zero-order valence-corrected chi connectivity index (χ0v) is 20.4. The van der Waals surface area contributed by atoms with Crippen LogP contribution in [0.1, 0.15) is 33.3 Å². The maximum atomic E-state index is 12.1. The molecular formula is C23H27N5O5S. The fourth-order valence-corrected chi connectivity index (χ4v) is 3.64. The molecule has 0 atom stereocenters. The van der Waals surface area contributed by atoms with Gasteiger partial charge in [-0.15, -0.1) is 0 Å². The Balaban J connectivity index is 2.10. The van der Waals surface area contributed by atoms with Gasteiger partial charge in [-0.1, -0.05) is 6.07 Å². The molecule has 11 heteroatoms. The minimum Gasteiger partial charge on any atom is -0.494 e. The van der Waals surface area contributed by atoms with Gasteiger partial charge in [0.2, 0.25) is 5.91 Å². The van der Waals surface area contributed by atoms with Gasteiger partial charge in [0.05, 0.1) is 23.6 Å². The van der Waals surface area contributed by atoms with E-state index in [2.05, 4.69) is 25.6 Å². The van der Waals surface area contributed by atoms with Crippen LogP contribution in [0.25, 0.3) is 11.3 Å². The lowest BCUT2D eigenvalue weighted by molar-refractivity contribution is -0.114.